The van der Waals surface area contributed by atoms with Crippen LogP contribution in [0.2, 0.25) is 0 Å². The third-order valence-corrected chi connectivity index (χ3v) is 3.47. The summed E-state index contributed by atoms with van der Waals surface area (Å²) < 4.78 is 0. The molecule has 2 rings (SSSR count). The van der Waals surface area contributed by atoms with Crippen LogP contribution in [0.25, 0.3) is 0 Å². The molecule has 24 heavy (non-hydrogen) atoms. The van der Waals surface area contributed by atoms with Crippen molar-refractivity contribution in [3.63, 3.8) is 0 Å². The molecular weight excluding hydrogens is 314 g/mol. The second-order valence-electron chi connectivity index (χ2n) is 5.45. The molecule has 0 fully saturated rings. The van der Waals surface area contributed by atoms with Crippen LogP contribution in [-0.4, -0.2) is 15.8 Å². The first-order chi connectivity index (χ1) is 11.3. The van der Waals surface area contributed by atoms with Crippen molar-refractivity contribution in [1.82, 2.24) is 0 Å². The molecule has 0 saturated heterocycles. The summed E-state index contributed by atoms with van der Waals surface area (Å²) in [6.45, 7) is 4.07. The van der Waals surface area contributed by atoms with Crippen LogP contribution in [0.1, 0.15) is 35.7 Å². The van der Waals surface area contributed by atoms with Crippen LogP contribution in [0.3, 0.4) is 0 Å². The summed E-state index contributed by atoms with van der Waals surface area (Å²) in [4.78, 5) is 32.5. The van der Waals surface area contributed by atoms with Gasteiger partial charge in [-0.2, -0.15) is 0 Å². The Morgan fingerprint density at radius 3 is 2.12 bits per heavy atom. The van der Waals surface area contributed by atoms with Crippen LogP contribution in [0.15, 0.2) is 42.5 Å². The Labute approximate surface area is 137 Å². The second-order valence-corrected chi connectivity index (χ2v) is 5.45. The third kappa shape index (κ3) is 3.72. The lowest BCUT2D eigenvalue weighted by Gasteiger charge is -2.08. The number of nitrogens with one attached hydrogen (secondary N) is 1. The van der Waals surface area contributed by atoms with Crippen molar-refractivity contribution in [2.24, 2.45) is 0 Å². The minimum Gasteiger partial charge on any atom is -0.322 e. The lowest BCUT2D eigenvalue weighted by molar-refractivity contribution is -0.394. The molecule has 0 unspecified atom stereocenters. The van der Waals surface area contributed by atoms with E-state index < -0.39 is 27.1 Å². The van der Waals surface area contributed by atoms with E-state index in [2.05, 4.69) is 5.32 Å². The van der Waals surface area contributed by atoms with Gasteiger partial charge in [-0.3, -0.25) is 25.0 Å². The lowest BCUT2D eigenvalue weighted by Crippen LogP contribution is -2.14. The van der Waals surface area contributed by atoms with Crippen LogP contribution in [0.5, 0.6) is 0 Å². The standard InChI is InChI=1S/C16H15N3O5/c1-10(2)11-3-5-12(6-4-11)17-16(20)14-8-7-13(18(21)22)9-15(14)19(23)24/h3-10H,1-2H3,(H,17,20). The van der Waals surface area contributed by atoms with Crippen LogP contribution in [0.4, 0.5) is 17.1 Å². The number of benzene rings is 2. The number of anilines is 1. The molecule has 0 saturated carbocycles. The van der Waals surface area contributed by atoms with Gasteiger partial charge in [-0.15, -0.1) is 0 Å². The largest absolute Gasteiger partial charge is 0.322 e. The van der Waals surface area contributed by atoms with E-state index in [1.165, 1.54) is 0 Å². The highest BCUT2D eigenvalue weighted by atomic mass is 16.6. The first-order valence-corrected chi connectivity index (χ1v) is 7.13. The zero-order valence-electron chi connectivity index (χ0n) is 13.1. The molecule has 0 atom stereocenters. The molecule has 2 aromatic carbocycles. The second kappa shape index (κ2) is 6.86. The fourth-order valence-corrected chi connectivity index (χ4v) is 2.13. The Morgan fingerprint density at radius 2 is 1.62 bits per heavy atom. The predicted octanol–water partition coefficient (Wildman–Crippen LogP) is 3.88. The minimum atomic E-state index is -0.816. The van der Waals surface area contributed by atoms with Crippen molar-refractivity contribution in [2.45, 2.75) is 19.8 Å². The summed E-state index contributed by atoms with van der Waals surface area (Å²) in [7, 11) is 0. The first kappa shape index (κ1) is 17.1. The monoisotopic (exact) mass is 329 g/mol. The first-order valence-electron chi connectivity index (χ1n) is 7.13. The summed E-state index contributed by atoms with van der Waals surface area (Å²) in [5.74, 6) is -0.362. The SMILES string of the molecule is CC(C)c1ccc(NC(=O)c2ccc([N+](=O)[O-])cc2[N+](=O)[O-])cc1. The van der Waals surface area contributed by atoms with Crippen LogP contribution < -0.4 is 5.32 Å². The van der Waals surface area contributed by atoms with E-state index in [0.717, 1.165) is 23.8 Å². The Hall–Kier alpha value is -3.29. The zero-order valence-corrected chi connectivity index (χ0v) is 13.1. The summed E-state index contributed by atoms with van der Waals surface area (Å²) in [6, 6.07) is 10.0. The van der Waals surface area contributed by atoms with Gasteiger partial charge in [-0.1, -0.05) is 26.0 Å². The highest BCUT2D eigenvalue weighted by Crippen LogP contribution is 2.26. The van der Waals surface area contributed by atoms with Gasteiger partial charge < -0.3 is 5.32 Å². The molecule has 8 heteroatoms. The maximum absolute atomic E-state index is 12.3. The van der Waals surface area contributed by atoms with E-state index in [1.807, 2.05) is 26.0 Å². The number of rotatable bonds is 5. The molecular formula is C16H15N3O5. The number of nitro groups is 2. The van der Waals surface area contributed by atoms with Crippen molar-refractivity contribution in [3.05, 3.63) is 73.8 Å². The maximum Gasteiger partial charge on any atom is 0.289 e. The molecule has 8 nitrogen and oxygen atoms in total. The van der Waals surface area contributed by atoms with Gasteiger partial charge >= 0.3 is 0 Å². The predicted molar refractivity (Wildman–Crippen MR) is 88.2 cm³/mol. The van der Waals surface area contributed by atoms with Gasteiger partial charge in [0, 0.05) is 11.8 Å². The normalized spacial score (nSPS) is 10.5. The molecule has 0 bridgehead atoms. The third-order valence-electron chi connectivity index (χ3n) is 3.47. The average Bonchev–Trinajstić information content (AvgIpc) is 2.54. The van der Waals surface area contributed by atoms with Gasteiger partial charge in [0.2, 0.25) is 0 Å². The Balaban J connectivity index is 2.29. The zero-order chi connectivity index (χ0) is 17.9. The Morgan fingerprint density at radius 1 is 1.00 bits per heavy atom. The van der Waals surface area contributed by atoms with Gasteiger partial charge in [0.1, 0.15) is 5.56 Å². The van der Waals surface area contributed by atoms with Crippen LogP contribution in [-0.2, 0) is 0 Å². The van der Waals surface area contributed by atoms with E-state index in [9.17, 15) is 25.0 Å². The molecule has 1 amide bonds. The molecule has 0 spiro atoms. The molecule has 2 aromatic rings. The maximum atomic E-state index is 12.3. The van der Waals surface area contributed by atoms with Crippen molar-refractivity contribution in [3.8, 4) is 0 Å². The van der Waals surface area contributed by atoms with Gasteiger partial charge in [-0.05, 0) is 29.7 Å². The van der Waals surface area contributed by atoms with E-state index >= 15 is 0 Å². The highest BCUT2D eigenvalue weighted by Gasteiger charge is 2.24. The summed E-state index contributed by atoms with van der Waals surface area (Å²) in [6.07, 6.45) is 0. The van der Waals surface area contributed by atoms with E-state index in [4.69, 9.17) is 0 Å². The Kier molecular flexibility index (Phi) is 4.88. The van der Waals surface area contributed by atoms with Gasteiger partial charge in [-0.25, -0.2) is 0 Å². The van der Waals surface area contributed by atoms with Crippen molar-refractivity contribution < 1.29 is 14.6 Å². The summed E-state index contributed by atoms with van der Waals surface area (Å²) in [5.41, 5.74) is 0.282. The average molecular weight is 329 g/mol. The molecule has 0 aliphatic heterocycles. The van der Waals surface area contributed by atoms with Gasteiger partial charge in [0.15, 0.2) is 0 Å². The van der Waals surface area contributed by atoms with Crippen molar-refractivity contribution in [1.29, 1.82) is 0 Å². The highest BCUT2D eigenvalue weighted by molar-refractivity contribution is 6.07. The minimum absolute atomic E-state index is 0.237. The smallest absolute Gasteiger partial charge is 0.289 e. The number of amides is 1. The van der Waals surface area contributed by atoms with Gasteiger partial charge in [0.05, 0.1) is 15.9 Å². The fraction of sp³-hybridized carbons (Fsp3) is 0.188. The molecule has 0 radical (unpaired) electrons. The summed E-state index contributed by atoms with van der Waals surface area (Å²) >= 11 is 0. The lowest BCUT2D eigenvalue weighted by atomic mass is 10.0. The molecule has 0 aromatic heterocycles. The van der Waals surface area contributed by atoms with Crippen molar-refractivity contribution in [2.75, 3.05) is 5.32 Å². The number of hydrogen-bond acceptors (Lipinski definition) is 5. The molecule has 0 aliphatic carbocycles. The number of non-ortho nitro benzene ring substituents is 1. The van der Waals surface area contributed by atoms with Crippen LogP contribution >= 0.6 is 0 Å². The molecule has 0 heterocycles. The Bertz CT molecular complexity index is 800. The number of hydrogen-bond donors (Lipinski definition) is 1. The number of nitrogens with zero attached hydrogens (tertiary/aromatic N) is 2. The quantitative estimate of drug-likeness (QED) is 0.660. The molecule has 1 N–H and O–H groups in total. The van der Waals surface area contributed by atoms with E-state index in [-0.39, 0.29) is 5.56 Å². The number of carbonyl (C=O) groups excluding carboxylic acids is 1. The molecule has 124 valence electrons. The fourth-order valence-electron chi connectivity index (χ4n) is 2.13. The van der Waals surface area contributed by atoms with Crippen molar-refractivity contribution >= 4 is 23.0 Å². The topological polar surface area (TPSA) is 115 Å². The van der Waals surface area contributed by atoms with E-state index in [0.29, 0.717) is 11.6 Å². The van der Waals surface area contributed by atoms with Crippen LogP contribution in [0, 0.1) is 20.2 Å². The van der Waals surface area contributed by atoms with E-state index in [1.54, 1.807) is 12.1 Å². The molecule has 0 aliphatic rings. The summed E-state index contributed by atoms with van der Waals surface area (Å²) in [5, 5.41) is 24.3. The number of carbonyl (C=O) groups is 1. The number of nitro benzene ring substituents is 2. The van der Waals surface area contributed by atoms with Gasteiger partial charge in [0.25, 0.3) is 17.3 Å².